The van der Waals surface area contributed by atoms with Gasteiger partial charge in [0, 0.05) is 41.9 Å². The van der Waals surface area contributed by atoms with Gasteiger partial charge in [-0.3, -0.25) is 4.98 Å². The van der Waals surface area contributed by atoms with Crippen LogP contribution in [0, 0.1) is 5.92 Å². The molecule has 1 aliphatic carbocycles. The van der Waals surface area contributed by atoms with Gasteiger partial charge in [0.05, 0.1) is 0 Å². The Balaban J connectivity index is 0.000000211. The zero-order valence-electron chi connectivity index (χ0n) is 21.1. The largest absolute Gasteiger partial charge is 0.383 e. The summed E-state index contributed by atoms with van der Waals surface area (Å²) in [7, 11) is 0. The molecule has 2 N–H and O–H groups in total. The highest BCUT2D eigenvalue weighted by atomic mass is 15.0. The minimum absolute atomic E-state index is 0.479. The third-order valence-corrected chi connectivity index (χ3v) is 6.14. The Morgan fingerprint density at radius 1 is 1.27 bits per heavy atom. The van der Waals surface area contributed by atoms with Crippen molar-refractivity contribution in [3.63, 3.8) is 0 Å². The molecule has 4 nitrogen and oxygen atoms in total. The first kappa shape index (κ1) is 26.6. The number of hydrogen-bond acceptors (Lipinski definition) is 4. The standard InChI is InChI=1S/C14H20N2.C12H18N2.C3H6/c1-3-11(4-1)6-8-13-9-7-12-5-2-10-15-14(12)16-13;1-4-6-10(2)14-11(3)12-7-5-8-13-9-12;1-3-2/h7,9,11H,1-6,8,10H2,(H,15,16);5,7-10,14H,3-4,6H2,1-2H3;3H,1H2,2H3. The van der Waals surface area contributed by atoms with E-state index in [4.69, 9.17) is 4.98 Å². The monoisotopic (exact) mass is 448 g/mol. The minimum Gasteiger partial charge on any atom is -0.383 e. The number of rotatable bonds is 8. The summed E-state index contributed by atoms with van der Waals surface area (Å²) in [4.78, 5) is 8.79. The van der Waals surface area contributed by atoms with Crippen molar-refractivity contribution in [2.24, 2.45) is 5.92 Å². The van der Waals surface area contributed by atoms with Gasteiger partial charge in [0.25, 0.3) is 0 Å². The average molecular weight is 449 g/mol. The molecule has 1 aliphatic heterocycles. The van der Waals surface area contributed by atoms with Gasteiger partial charge in [-0.15, -0.1) is 6.58 Å². The molecule has 0 amide bonds. The molecule has 0 radical (unpaired) electrons. The van der Waals surface area contributed by atoms with E-state index in [1.807, 2.05) is 25.3 Å². The van der Waals surface area contributed by atoms with Crippen molar-refractivity contribution < 1.29 is 0 Å². The van der Waals surface area contributed by atoms with E-state index in [1.165, 1.54) is 69.0 Å². The van der Waals surface area contributed by atoms with Gasteiger partial charge in [-0.05, 0) is 75.6 Å². The lowest BCUT2D eigenvalue weighted by atomic mass is 9.82. The van der Waals surface area contributed by atoms with Gasteiger partial charge in [0.15, 0.2) is 0 Å². The van der Waals surface area contributed by atoms with Crippen LogP contribution in [0.15, 0.2) is 55.9 Å². The van der Waals surface area contributed by atoms with E-state index in [0.29, 0.717) is 6.04 Å². The smallest absolute Gasteiger partial charge is 0.129 e. The van der Waals surface area contributed by atoms with Crippen LogP contribution in [-0.2, 0) is 12.8 Å². The van der Waals surface area contributed by atoms with E-state index in [2.05, 4.69) is 54.8 Å². The Hall–Kier alpha value is -2.62. The van der Waals surface area contributed by atoms with Crippen LogP contribution in [0.5, 0.6) is 0 Å². The van der Waals surface area contributed by atoms with E-state index in [9.17, 15) is 0 Å². The van der Waals surface area contributed by atoms with Crippen molar-refractivity contribution in [3.8, 4) is 0 Å². The molecule has 33 heavy (non-hydrogen) atoms. The molecular formula is C29H44N4. The minimum atomic E-state index is 0.479. The summed E-state index contributed by atoms with van der Waals surface area (Å²) in [6.45, 7) is 14.7. The topological polar surface area (TPSA) is 49.8 Å². The van der Waals surface area contributed by atoms with Crippen LogP contribution in [0.3, 0.4) is 0 Å². The number of aryl methyl sites for hydroxylation is 2. The van der Waals surface area contributed by atoms with Gasteiger partial charge in [0.2, 0.25) is 0 Å². The summed E-state index contributed by atoms with van der Waals surface area (Å²) in [5.41, 5.74) is 4.70. The number of pyridine rings is 2. The molecule has 4 rings (SSSR count). The number of allylic oxidation sites excluding steroid dienone is 1. The quantitative estimate of drug-likeness (QED) is 0.419. The van der Waals surface area contributed by atoms with Gasteiger partial charge in [-0.1, -0.05) is 51.3 Å². The summed E-state index contributed by atoms with van der Waals surface area (Å²) >= 11 is 0. The maximum atomic E-state index is 4.73. The maximum absolute atomic E-state index is 4.73. The highest BCUT2D eigenvalue weighted by molar-refractivity contribution is 5.60. The lowest BCUT2D eigenvalue weighted by Gasteiger charge is -2.25. The molecule has 0 saturated heterocycles. The van der Waals surface area contributed by atoms with Crippen molar-refractivity contribution in [3.05, 3.63) is 72.7 Å². The number of nitrogens with one attached hydrogen (secondary N) is 2. The van der Waals surface area contributed by atoms with Crippen LogP contribution in [0.25, 0.3) is 5.70 Å². The van der Waals surface area contributed by atoms with Crippen molar-refractivity contribution in [1.82, 2.24) is 15.3 Å². The predicted octanol–water partition coefficient (Wildman–Crippen LogP) is 7.20. The summed E-state index contributed by atoms with van der Waals surface area (Å²) in [6, 6.07) is 8.91. The molecular weight excluding hydrogens is 404 g/mol. The highest BCUT2D eigenvalue weighted by Gasteiger charge is 2.17. The second kappa shape index (κ2) is 15.3. The third-order valence-electron chi connectivity index (χ3n) is 6.14. The van der Waals surface area contributed by atoms with Crippen LogP contribution in [0.2, 0.25) is 0 Å². The third kappa shape index (κ3) is 9.81. The number of anilines is 1. The van der Waals surface area contributed by atoms with E-state index in [1.54, 1.807) is 12.3 Å². The maximum Gasteiger partial charge on any atom is 0.129 e. The van der Waals surface area contributed by atoms with Crippen LogP contribution in [-0.4, -0.2) is 22.6 Å². The summed E-state index contributed by atoms with van der Waals surface area (Å²) in [5, 5.41) is 6.77. The van der Waals surface area contributed by atoms with Gasteiger partial charge in [0.1, 0.15) is 5.82 Å². The Morgan fingerprint density at radius 3 is 2.70 bits per heavy atom. The van der Waals surface area contributed by atoms with E-state index in [-0.39, 0.29) is 0 Å². The fraction of sp³-hybridized carbons (Fsp3) is 0.517. The molecule has 1 saturated carbocycles. The van der Waals surface area contributed by atoms with Crippen LogP contribution in [0.1, 0.15) is 82.5 Å². The van der Waals surface area contributed by atoms with Crippen molar-refractivity contribution in [2.75, 3.05) is 11.9 Å². The first-order valence-electron chi connectivity index (χ1n) is 12.7. The van der Waals surface area contributed by atoms with Crippen molar-refractivity contribution >= 4 is 11.5 Å². The zero-order valence-corrected chi connectivity index (χ0v) is 21.1. The second-order valence-corrected chi connectivity index (χ2v) is 9.14. The normalized spacial score (nSPS) is 15.1. The Labute approximate surface area is 202 Å². The molecule has 2 aromatic heterocycles. The Morgan fingerprint density at radius 2 is 2.06 bits per heavy atom. The molecule has 1 unspecified atom stereocenters. The Kier molecular flexibility index (Phi) is 12.3. The van der Waals surface area contributed by atoms with Crippen LogP contribution in [0.4, 0.5) is 5.82 Å². The fourth-order valence-electron chi connectivity index (χ4n) is 4.07. The molecule has 1 atom stereocenters. The van der Waals surface area contributed by atoms with Crippen molar-refractivity contribution in [1.29, 1.82) is 0 Å². The van der Waals surface area contributed by atoms with Crippen LogP contribution >= 0.6 is 0 Å². The lowest BCUT2D eigenvalue weighted by Crippen LogP contribution is -2.23. The average Bonchev–Trinajstić information content (AvgIpc) is 2.80. The van der Waals surface area contributed by atoms with E-state index >= 15 is 0 Å². The summed E-state index contributed by atoms with van der Waals surface area (Å²) in [6.07, 6.45) is 17.0. The number of aromatic nitrogens is 2. The SMILES string of the molecule is C=C(NC(C)CCC)c1cccnc1.C=CC.c1cc2c(nc1CCC1CCC1)NCCC2. The van der Waals surface area contributed by atoms with Gasteiger partial charge in [-0.2, -0.15) is 0 Å². The summed E-state index contributed by atoms with van der Waals surface area (Å²) in [5.74, 6) is 2.14. The first-order chi connectivity index (χ1) is 16.1. The molecule has 0 aromatic carbocycles. The highest BCUT2D eigenvalue weighted by Crippen LogP contribution is 2.30. The molecule has 180 valence electrons. The number of hydrogen-bond donors (Lipinski definition) is 2. The van der Waals surface area contributed by atoms with Gasteiger partial charge in [-0.25, -0.2) is 4.98 Å². The first-order valence-corrected chi connectivity index (χ1v) is 12.7. The molecule has 0 bridgehead atoms. The summed E-state index contributed by atoms with van der Waals surface area (Å²) < 4.78 is 0. The fourth-order valence-corrected chi connectivity index (χ4v) is 4.07. The molecule has 4 heteroatoms. The number of fused-ring (bicyclic) bond motifs is 1. The van der Waals surface area contributed by atoms with Gasteiger partial charge < -0.3 is 10.6 Å². The number of nitrogens with zero attached hydrogens (tertiary/aromatic N) is 2. The Bertz CT molecular complexity index is 827. The van der Waals surface area contributed by atoms with E-state index < -0.39 is 0 Å². The molecule has 2 aromatic rings. The predicted molar refractivity (Wildman–Crippen MR) is 143 cm³/mol. The van der Waals surface area contributed by atoms with Crippen molar-refractivity contribution in [2.45, 2.75) is 84.6 Å². The van der Waals surface area contributed by atoms with Crippen LogP contribution < -0.4 is 10.6 Å². The van der Waals surface area contributed by atoms with Gasteiger partial charge >= 0.3 is 0 Å². The zero-order chi connectivity index (χ0) is 23.9. The molecule has 2 aliphatic rings. The molecule has 0 spiro atoms. The van der Waals surface area contributed by atoms with E-state index in [0.717, 1.165) is 29.5 Å². The molecule has 3 heterocycles. The molecule has 1 fully saturated rings. The lowest BCUT2D eigenvalue weighted by molar-refractivity contribution is 0.295. The second-order valence-electron chi connectivity index (χ2n) is 9.14.